The SMILES string of the molecule is Cc1c(CN2CCNCC2)cc(N=[N+]=[N-])c(C)c1S(=O)(=O)F. The Labute approximate surface area is 129 Å². The molecule has 1 aromatic carbocycles. The summed E-state index contributed by atoms with van der Waals surface area (Å²) in [7, 11) is -4.88. The highest BCUT2D eigenvalue weighted by molar-refractivity contribution is 7.86. The van der Waals surface area contributed by atoms with E-state index in [4.69, 9.17) is 5.53 Å². The Morgan fingerprint density at radius 1 is 1.36 bits per heavy atom. The molecular formula is C13H18FN5O2S. The summed E-state index contributed by atoms with van der Waals surface area (Å²) in [5.41, 5.74) is 9.93. The van der Waals surface area contributed by atoms with E-state index >= 15 is 0 Å². The van der Waals surface area contributed by atoms with Crippen LogP contribution in [0.4, 0.5) is 9.57 Å². The monoisotopic (exact) mass is 327 g/mol. The van der Waals surface area contributed by atoms with Crippen LogP contribution >= 0.6 is 0 Å². The lowest BCUT2D eigenvalue weighted by Crippen LogP contribution is -2.43. The van der Waals surface area contributed by atoms with Crippen LogP contribution in [-0.4, -0.2) is 39.5 Å². The van der Waals surface area contributed by atoms with Gasteiger partial charge in [0.1, 0.15) is 4.90 Å². The van der Waals surface area contributed by atoms with E-state index in [1.807, 2.05) is 0 Å². The van der Waals surface area contributed by atoms with Crippen molar-refractivity contribution >= 4 is 15.9 Å². The zero-order valence-electron chi connectivity index (χ0n) is 12.5. The fourth-order valence-electron chi connectivity index (χ4n) is 2.72. The molecule has 0 atom stereocenters. The van der Waals surface area contributed by atoms with Crippen LogP contribution in [0.15, 0.2) is 16.1 Å². The number of rotatable bonds is 4. The van der Waals surface area contributed by atoms with Crippen molar-refractivity contribution in [3.63, 3.8) is 0 Å². The van der Waals surface area contributed by atoms with Crippen LogP contribution in [0.3, 0.4) is 0 Å². The van der Waals surface area contributed by atoms with Gasteiger partial charge in [0.25, 0.3) is 0 Å². The summed E-state index contributed by atoms with van der Waals surface area (Å²) in [6.07, 6.45) is 0. The molecule has 1 aliphatic heterocycles. The molecule has 0 bridgehead atoms. The van der Waals surface area contributed by atoms with Gasteiger partial charge in [-0.15, -0.1) is 3.89 Å². The molecule has 0 aliphatic carbocycles. The number of nitrogens with one attached hydrogen (secondary N) is 1. The number of nitrogens with zero attached hydrogens (tertiary/aromatic N) is 4. The summed E-state index contributed by atoms with van der Waals surface area (Å²) >= 11 is 0. The van der Waals surface area contributed by atoms with E-state index in [0.717, 1.165) is 26.2 Å². The van der Waals surface area contributed by atoms with Crippen LogP contribution in [0, 0.1) is 13.8 Å². The van der Waals surface area contributed by atoms with E-state index in [-0.39, 0.29) is 16.1 Å². The molecule has 120 valence electrons. The Hall–Kier alpha value is -1.67. The Balaban J connectivity index is 2.53. The second-order valence-electron chi connectivity index (χ2n) is 5.29. The number of halogens is 1. The predicted molar refractivity (Wildman–Crippen MR) is 81.2 cm³/mol. The van der Waals surface area contributed by atoms with Gasteiger partial charge in [-0.1, -0.05) is 5.11 Å². The maximum atomic E-state index is 13.6. The van der Waals surface area contributed by atoms with Gasteiger partial charge >= 0.3 is 10.2 Å². The Bertz CT molecular complexity index is 722. The predicted octanol–water partition coefficient (Wildman–Crippen LogP) is 2.31. The third-order valence-corrected chi connectivity index (χ3v) is 4.96. The lowest BCUT2D eigenvalue weighted by atomic mass is 10.0. The van der Waals surface area contributed by atoms with Crippen molar-refractivity contribution < 1.29 is 12.3 Å². The third-order valence-electron chi connectivity index (χ3n) is 3.86. The van der Waals surface area contributed by atoms with Crippen LogP contribution in [0.25, 0.3) is 10.4 Å². The van der Waals surface area contributed by atoms with Crippen LogP contribution < -0.4 is 5.32 Å². The largest absolute Gasteiger partial charge is 0.332 e. The summed E-state index contributed by atoms with van der Waals surface area (Å²) in [5.74, 6) is 0. The zero-order valence-corrected chi connectivity index (χ0v) is 13.3. The quantitative estimate of drug-likeness (QED) is 0.397. The van der Waals surface area contributed by atoms with Gasteiger partial charge in [-0.05, 0) is 42.1 Å². The van der Waals surface area contributed by atoms with Gasteiger partial charge < -0.3 is 5.32 Å². The standard InChI is InChI=1S/C13H18FN5O2S/c1-9-11(8-19-5-3-16-4-6-19)7-12(17-18-15)10(2)13(9)22(14,20)21/h7,16H,3-6,8H2,1-2H3. The lowest BCUT2D eigenvalue weighted by molar-refractivity contribution is 0.232. The summed E-state index contributed by atoms with van der Waals surface area (Å²) in [6.45, 7) is 6.85. The van der Waals surface area contributed by atoms with Crippen LogP contribution in [0.5, 0.6) is 0 Å². The molecule has 2 rings (SSSR count). The van der Waals surface area contributed by atoms with Crippen molar-refractivity contribution in [2.45, 2.75) is 25.3 Å². The lowest BCUT2D eigenvalue weighted by Gasteiger charge is -2.28. The molecule has 1 heterocycles. The molecule has 0 spiro atoms. The van der Waals surface area contributed by atoms with E-state index in [0.29, 0.717) is 17.7 Å². The van der Waals surface area contributed by atoms with Crippen molar-refractivity contribution in [2.24, 2.45) is 5.11 Å². The minimum absolute atomic E-state index is 0.141. The molecular weight excluding hydrogens is 309 g/mol. The fourth-order valence-corrected chi connectivity index (χ4v) is 3.68. The highest BCUT2D eigenvalue weighted by Crippen LogP contribution is 2.33. The molecule has 0 amide bonds. The van der Waals surface area contributed by atoms with E-state index in [1.165, 1.54) is 6.92 Å². The maximum Gasteiger partial charge on any atom is 0.332 e. The van der Waals surface area contributed by atoms with E-state index < -0.39 is 10.2 Å². The van der Waals surface area contributed by atoms with Gasteiger partial charge in [0.2, 0.25) is 0 Å². The molecule has 7 nitrogen and oxygen atoms in total. The molecule has 0 aromatic heterocycles. The van der Waals surface area contributed by atoms with Crippen molar-refractivity contribution in [1.82, 2.24) is 10.2 Å². The first-order chi connectivity index (χ1) is 10.3. The Kier molecular flexibility index (Phi) is 5.02. The molecule has 1 aromatic rings. The maximum absolute atomic E-state index is 13.6. The molecule has 22 heavy (non-hydrogen) atoms. The van der Waals surface area contributed by atoms with Gasteiger partial charge in [-0.25, -0.2) is 0 Å². The van der Waals surface area contributed by atoms with E-state index in [9.17, 15) is 12.3 Å². The fraction of sp³-hybridized carbons (Fsp3) is 0.538. The first-order valence-electron chi connectivity index (χ1n) is 6.90. The summed E-state index contributed by atoms with van der Waals surface area (Å²) in [5, 5.41) is 6.72. The molecule has 9 heteroatoms. The van der Waals surface area contributed by atoms with E-state index in [1.54, 1.807) is 13.0 Å². The first kappa shape index (κ1) is 16.7. The third kappa shape index (κ3) is 3.56. The highest BCUT2D eigenvalue weighted by Gasteiger charge is 2.24. The molecule has 0 unspecified atom stereocenters. The molecule has 1 aliphatic rings. The second kappa shape index (κ2) is 6.62. The number of hydrogen-bond donors (Lipinski definition) is 1. The normalized spacial score (nSPS) is 16.3. The number of piperazine rings is 1. The van der Waals surface area contributed by atoms with Crippen molar-refractivity contribution in [2.75, 3.05) is 26.2 Å². The Morgan fingerprint density at radius 3 is 2.55 bits per heavy atom. The Morgan fingerprint density at radius 2 is 2.00 bits per heavy atom. The summed E-state index contributed by atoms with van der Waals surface area (Å²) in [4.78, 5) is 4.45. The van der Waals surface area contributed by atoms with Gasteiger partial charge in [0.15, 0.2) is 0 Å². The summed E-state index contributed by atoms with van der Waals surface area (Å²) < 4.78 is 36.5. The van der Waals surface area contributed by atoms with Crippen molar-refractivity contribution in [3.05, 3.63) is 33.2 Å². The second-order valence-corrected chi connectivity index (χ2v) is 6.57. The van der Waals surface area contributed by atoms with E-state index in [2.05, 4.69) is 20.2 Å². The van der Waals surface area contributed by atoms with Crippen LogP contribution in [0.1, 0.15) is 16.7 Å². The first-order valence-corrected chi connectivity index (χ1v) is 8.29. The molecule has 0 saturated carbocycles. The van der Waals surface area contributed by atoms with Gasteiger partial charge in [0.05, 0.1) is 0 Å². The van der Waals surface area contributed by atoms with Gasteiger partial charge in [-0.2, -0.15) is 8.42 Å². The zero-order chi connectivity index (χ0) is 16.3. The molecule has 1 saturated heterocycles. The minimum Gasteiger partial charge on any atom is -0.314 e. The summed E-state index contributed by atoms with van der Waals surface area (Å²) in [6, 6.07) is 1.64. The highest BCUT2D eigenvalue weighted by atomic mass is 32.3. The number of benzene rings is 1. The van der Waals surface area contributed by atoms with Crippen LogP contribution in [-0.2, 0) is 16.8 Å². The topological polar surface area (TPSA) is 98.2 Å². The average Bonchev–Trinajstić information content (AvgIpc) is 2.44. The molecule has 0 radical (unpaired) electrons. The molecule has 1 N–H and O–H groups in total. The smallest absolute Gasteiger partial charge is 0.314 e. The number of azide groups is 1. The number of hydrogen-bond acceptors (Lipinski definition) is 5. The van der Waals surface area contributed by atoms with Gasteiger partial charge in [-0.3, -0.25) is 4.90 Å². The van der Waals surface area contributed by atoms with Crippen molar-refractivity contribution in [3.8, 4) is 0 Å². The average molecular weight is 327 g/mol. The molecule has 1 fully saturated rings. The van der Waals surface area contributed by atoms with Gasteiger partial charge in [0, 0.05) is 43.3 Å². The van der Waals surface area contributed by atoms with Crippen LogP contribution in [0.2, 0.25) is 0 Å². The van der Waals surface area contributed by atoms with Crippen molar-refractivity contribution in [1.29, 1.82) is 0 Å². The minimum atomic E-state index is -4.88.